The minimum atomic E-state index is -5.02. The van der Waals surface area contributed by atoms with Gasteiger partial charge in [-0.15, -0.1) is 0 Å². The van der Waals surface area contributed by atoms with Crippen LogP contribution < -0.4 is 9.53 Å². The van der Waals surface area contributed by atoms with Crippen molar-refractivity contribution in [3.63, 3.8) is 0 Å². The van der Waals surface area contributed by atoms with Crippen LogP contribution in [0.5, 0.6) is 5.75 Å². The summed E-state index contributed by atoms with van der Waals surface area (Å²) in [4.78, 5) is 16.8. The van der Waals surface area contributed by atoms with Gasteiger partial charge in [-0.1, -0.05) is 28.5 Å². The molecule has 0 aliphatic carbocycles. The maximum absolute atomic E-state index is 12.2. The highest BCUT2D eigenvalue weighted by molar-refractivity contribution is 7.86. The average Bonchev–Trinajstić information content (AvgIpc) is 3.51. The highest BCUT2D eigenvalue weighted by Gasteiger charge is 2.31. The number of para-hydroxylation sites is 1. The quantitative estimate of drug-likeness (QED) is 0.184. The summed E-state index contributed by atoms with van der Waals surface area (Å²) in [5.41, 5.74) is 0.463. The number of ether oxygens (including phenoxy) is 1. The molecule has 0 spiro atoms. The SMILES string of the molecule is COc1cc(C(=O)O)ccc1-n1nc(-c2ccc(S(=O)(=O)O)cc2S(=O)(=O)O)n[n+]1-c1nc2ccccc2s1. The number of methoxy groups -OCH3 is 1. The standard InChI is InChI=1S/C22H15N5O9S3/c1-36-17-10-12(21(28)29)6-9-16(17)26-24-20(25-27(26)22-23-15-4-2-3-5-18(15)37-22)14-8-7-13(38(30,31)32)11-19(14)39(33,34)35/h2-11H,1H3,(H2-,28,29,30,31,32,33,34,35)/p+1. The zero-order chi connectivity index (χ0) is 28.1. The number of carboxylic acids is 1. The third-order valence-electron chi connectivity index (χ3n) is 5.42. The minimum Gasteiger partial charge on any atom is -0.494 e. The fraction of sp³-hybridized carbons (Fsp3) is 0.0455. The Hall–Kier alpha value is -4.29. The molecule has 3 aromatic carbocycles. The van der Waals surface area contributed by atoms with Crippen molar-refractivity contribution in [2.24, 2.45) is 0 Å². The summed E-state index contributed by atoms with van der Waals surface area (Å²) >= 11 is 1.22. The first kappa shape index (κ1) is 26.3. The molecule has 39 heavy (non-hydrogen) atoms. The summed E-state index contributed by atoms with van der Waals surface area (Å²) in [6.07, 6.45) is 0. The molecular weight excluding hydrogens is 574 g/mol. The second kappa shape index (κ2) is 9.47. The van der Waals surface area contributed by atoms with E-state index in [1.165, 1.54) is 46.2 Å². The van der Waals surface area contributed by atoms with Gasteiger partial charge in [0.25, 0.3) is 26.1 Å². The van der Waals surface area contributed by atoms with Crippen LogP contribution in [0.4, 0.5) is 0 Å². The number of thiazole rings is 1. The second-order valence-electron chi connectivity index (χ2n) is 7.87. The number of hydrogen-bond donors (Lipinski definition) is 3. The van der Waals surface area contributed by atoms with Crippen molar-refractivity contribution in [2.45, 2.75) is 9.79 Å². The molecule has 3 N–H and O–H groups in total. The molecule has 0 aliphatic heterocycles. The second-order valence-corrected chi connectivity index (χ2v) is 11.7. The monoisotopic (exact) mass is 590 g/mol. The van der Waals surface area contributed by atoms with Crippen molar-refractivity contribution in [3.8, 4) is 28.0 Å². The van der Waals surface area contributed by atoms with Gasteiger partial charge in [0.2, 0.25) is 0 Å². The van der Waals surface area contributed by atoms with Gasteiger partial charge in [-0.05, 0) is 63.2 Å². The van der Waals surface area contributed by atoms with E-state index in [4.69, 9.17) is 4.74 Å². The summed E-state index contributed by atoms with van der Waals surface area (Å²) in [6, 6.07) is 13.7. The first-order valence-corrected chi connectivity index (χ1v) is 14.3. The molecule has 0 radical (unpaired) electrons. The lowest BCUT2D eigenvalue weighted by molar-refractivity contribution is -0.734. The largest absolute Gasteiger partial charge is 0.494 e. The fourth-order valence-corrected chi connectivity index (χ4v) is 5.85. The first-order chi connectivity index (χ1) is 18.4. The van der Waals surface area contributed by atoms with E-state index in [1.807, 2.05) is 12.1 Å². The van der Waals surface area contributed by atoms with Crippen molar-refractivity contribution in [3.05, 3.63) is 66.2 Å². The molecule has 17 heteroatoms. The van der Waals surface area contributed by atoms with E-state index >= 15 is 0 Å². The third kappa shape index (κ3) is 4.95. The van der Waals surface area contributed by atoms with Gasteiger partial charge < -0.3 is 9.84 Å². The lowest BCUT2D eigenvalue weighted by atomic mass is 10.2. The summed E-state index contributed by atoms with van der Waals surface area (Å²) in [5, 5.41) is 18.4. The van der Waals surface area contributed by atoms with Crippen molar-refractivity contribution in [2.75, 3.05) is 7.11 Å². The topological polar surface area (TPSA) is 203 Å². The Kier molecular flexibility index (Phi) is 6.39. The molecule has 0 aliphatic rings. The van der Waals surface area contributed by atoms with E-state index in [1.54, 1.807) is 12.1 Å². The minimum absolute atomic E-state index is 0.0723. The zero-order valence-corrected chi connectivity index (χ0v) is 22.0. The van der Waals surface area contributed by atoms with Crippen LogP contribution in [0.25, 0.3) is 32.4 Å². The number of carboxylic acid groups (broad SMARTS) is 1. The summed E-state index contributed by atoms with van der Waals surface area (Å²) in [7, 11) is -8.52. The number of hydrogen-bond acceptors (Lipinski definition) is 10. The molecule has 0 saturated heterocycles. The van der Waals surface area contributed by atoms with Gasteiger partial charge in [-0.2, -0.15) is 16.8 Å². The van der Waals surface area contributed by atoms with Gasteiger partial charge in [0.05, 0.1) is 27.8 Å². The Morgan fingerprint density at radius 3 is 2.38 bits per heavy atom. The number of rotatable bonds is 7. The van der Waals surface area contributed by atoms with Crippen molar-refractivity contribution >= 4 is 47.8 Å². The molecular formula is C22H16N5O9S3+. The highest BCUT2D eigenvalue weighted by Crippen LogP contribution is 2.30. The average molecular weight is 591 g/mol. The molecule has 0 saturated carbocycles. The molecule has 0 fully saturated rings. The number of tetrazole rings is 1. The Labute approximate surface area is 223 Å². The van der Waals surface area contributed by atoms with Gasteiger partial charge >= 0.3 is 11.1 Å². The predicted octanol–water partition coefficient (Wildman–Crippen LogP) is 2.02. The smallest absolute Gasteiger partial charge is 0.365 e. The van der Waals surface area contributed by atoms with E-state index < -0.39 is 36.0 Å². The Bertz CT molecular complexity index is 1970. The number of aromatic nitrogens is 5. The van der Waals surface area contributed by atoms with E-state index in [0.717, 1.165) is 16.8 Å². The number of nitrogens with zero attached hydrogens (tertiary/aromatic N) is 5. The predicted molar refractivity (Wildman–Crippen MR) is 135 cm³/mol. The number of carbonyl (C=O) groups is 1. The summed E-state index contributed by atoms with van der Waals surface area (Å²) in [5.74, 6) is -1.40. The van der Waals surface area contributed by atoms with Crippen molar-refractivity contribution in [1.82, 2.24) is 20.0 Å². The Morgan fingerprint density at radius 1 is 1.00 bits per heavy atom. The molecule has 5 aromatic rings. The van der Waals surface area contributed by atoms with Crippen LogP contribution in [0, 0.1) is 0 Å². The molecule has 5 rings (SSSR count). The number of benzene rings is 3. The van der Waals surface area contributed by atoms with Crippen molar-refractivity contribution < 1.29 is 45.4 Å². The Morgan fingerprint density at radius 2 is 1.74 bits per heavy atom. The lowest BCUT2D eigenvalue weighted by Crippen LogP contribution is -2.43. The van der Waals surface area contributed by atoms with Crippen LogP contribution >= 0.6 is 11.3 Å². The van der Waals surface area contributed by atoms with Crippen LogP contribution in [0.2, 0.25) is 0 Å². The molecule has 2 heterocycles. The first-order valence-electron chi connectivity index (χ1n) is 10.6. The Balaban J connectivity index is 1.81. The molecule has 200 valence electrons. The molecule has 2 aromatic heterocycles. The van der Waals surface area contributed by atoms with Gasteiger partial charge in [-0.3, -0.25) is 9.11 Å². The maximum atomic E-state index is 12.2. The van der Waals surface area contributed by atoms with Crippen LogP contribution in [-0.2, 0) is 20.2 Å². The van der Waals surface area contributed by atoms with E-state index in [9.17, 15) is 35.8 Å². The van der Waals surface area contributed by atoms with Crippen molar-refractivity contribution in [1.29, 1.82) is 0 Å². The molecule has 0 atom stereocenters. The van der Waals surface area contributed by atoms with Crippen LogP contribution in [0.1, 0.15) is 10.4 Å². The van der Waals surface area contributed by atoms with Gasteiger partial charge in [0.15, 0.2) is 11.2 Å². The fourth-order valence-electron chi connectivity index (χ4n) is 3.65. The highest BCUT2D eigenvalue weighted by atomic mass is 32.2. The number of aromatic carboxylic acids is 1. The van der Waals surface area contributed by atoms with Crippen LogP contribution in [-0.4, -0.2) is 64.1 Å². The van der Waals surface area contributed by atoms with E-state index in [-0.39, 0.29) is 33.5 Å². The van der Waals surface area contributed by atoms with Gasteiger partial charge in [-0.25, -0.2) is 4.79 Å². The molecule has 0 unspecified atom stereocenters. The van der Waals surface area contributed by atoms with Crippen LogP contribution in [0.15, 0.2) is 70.5 Å². The third-order valence-corrected chi connectivity index (χ3v) is 8.17. The van der Waals surface area contributed by atoms with E-state index in [2.05, 4.69) is 15.2 Å². The van der Waals surface area contributed by atoms with E-state index in [0.29, 0.717) is 11.6 Å². The molecule has 0 amide bonds. The van der Waals surface area contributed by atoms with Gasteiger partial charge in [0.1, 0.15) is 10.6 Å². The van der Waals surface area contributed by atoms with Gasteiger partial charge in [0, 0.05) is 5.10 Å². The number of fused-ring (bicyclic) bond motifs is 1. The molecule has 14 nitrogen and oxygen atoms in total. The van der Waals surface area contributed by atoms with Crippen LogP contribution in [0.3, 0.4) is 0 Å². The molecule has 0 bridgehead atoms. The summed E-state index contributed by atoms with van der Waals surface area (Å²) < 4.78 is 72.9. The normalized spacial score (nSPS) is 12.1. The zero-order valence-electron chi connectivity index (χ0n) is 19.5. The summed E-state index contributed by atoms with van der Waals surface area (Å²) in [6.45, 7) is 0. The maximum Gasteiger partial charge on any atom is 0.365 e. The lowest BCUT2D eigenvalue weighted by Gasteiger charge is -2.07.